The van der Waals surface area contributed by atoms with Gasteiger partial charge < -0.3 is 10.2 Å². The molecule has 0 radical (unpaired) electrons. The molecule has 0 aliphatic rings. The third kappa shape index (κ3) is 7.91. The third-order valence-electron chi connectivity index (χ3n) is 6.49. The molecule has 11 heteroatoms. The van der Waals surface area contributed by atoms with Crippen LogP contribution in [0.25, 0.3) is 0 Å². The molecule has 2 unspecified atom stereocenters. The van der Waals surface area contributed by atoms with Crippen molar-refractivity contribution in [3.63, 3.8) is 0 Å². The van der Waals surface area contributed by atoms with Crippen LogP contribution in [0.1, 0.15) is 38.3 Å². The van der Waals surface area contributed by atoms with Crippen molar-refractivity contribution in [3.8, 4) is 0 Å². The Balaban J connectivity index is 2.07. The molecule has 0 aliphatic carbocycles. The highest BCUT2D eigenvalue weighted by Crippen LogP contribution is 2.30. The number of hydrogen-bond donors (Lipinski definition) is 1. The van der Waals surface area contributed by atoms with Crippen LogP contribution in [0.2, 0.25) is 15.1 Å². The number of nitrogens with one attached hydrogen (secondary N) is 1. The molecule has 3 rings (SSSR count). The van der Waals surface area contributed by atoms with E-state index < -0.39 is 28.5 Å². The highest BCUT2D eigenvalue weighted by Gasteiger charge is 2.33. The van der Waals surface area contributed by atoms with Gasteiger partial charge in [-0.2, -0.15) is 0 Å². The van der Waals surface area contributed by atoms with Crippen LogP contribution in [0, 0.1) is 6.92 Å². The van der Waals surface area contributed by atoms with E-state index in [0.29, 0.717) is 17.0 Å². The van der Waals surface area contributed by atoms with E-state index in [-0.39, 0.29) is 39.1 Å². The number of hydrogen-bond acceptors (Lipinski definition) is 4. The van der Waals surface area contributed by atoms with Crippen molar-refractivity contribution >= 4 is 62.3 Å². The Bertz CT molecular complexity index is 1450. The zero-order valence-electron chi connectivity index (χ0n) is 22.7. The van der Waals surface area contributed by atoms with Gasteiger partial charge in [0.2, 0.25) is 11.8 Å². The van der Waals surface area contributed by atoms with E-state index in [1.54, 1.807) is 43.3 Å². The average molecular weight is 625 g/mol. The van der Waals surface area contributed by atoms with Gasteiger partial charge in [-0.1, -0.05) is 77.6 Å². The van der Waals surface area contributed by atoms with E-state index in [1.807, 2.05) is 20.8 Å². The van der Waals surface area contributed by atoms with Crippen molar-refractivity contribution in [2.45, 2.75) is 57.6 Å². The van der Waals surface area contributed by atoms with Gasteiger partial charge in [-0.15, -0.1) is 0 Å². The maximum atomic E-state index is 14.0. The predicted molar refractivity (Wildman–Crippen MR) is 162 cm³/mol. The minimum Gasteiger partial charge on any atom is -0.352 e. The van der Waals surface area contributed by atoms with Gasteiger partial charge in [-0.3, -0.25) is 13.9 Å². The molecule has 0 aliphatic heterocycles. The van der Waals surface area contributed by atoms with Crippen LogP contribution in [-0.4, -0.2) is 43.8 Å². The smallest absolute Gasteiger partial charge is 0.264 e. The summed E-state index contributed by atoms with van der Waals surface area (Å²) in [4.78, 5) is 28.4. The Morgan fingerprint density at radius 3 is 2.10 bits per heavy atom. The summed E-state index contributed by atoms with van der Waals surface area (Å²) in [5.41, 5.74) is 1.60. The number of anilines is 1. The summed E-state index contributed by atoms with van der Waals surface area (Å²) in [7, 11) is -4.24. The van der Waals surface area contributed by atoms with E-state index in [9.17, 15) is 18.0 Å². The minimum absolute atomic E-state index is 0.0116. The van der Waals surface area contributed by atoms with Gasteiger partial charge in [-0.25, -0.2) is 8.42 Å². The zero-order valence-corrected chi connectivity index (χ0v) is 25.8. The number of rotatable bonds is 11. The maximum Gasteiger partial charge on any atom is 0.264 e. The topological polar surface area (TPSA) is 86.8 Å². The van der Waals surface area contributed by atoms with Crippen LogP contribution in [-0.2, 0) is 26.2 Å². The summed E-state index contributed by atoms with van der Waals surface area (Å²) in [5, 5.41) is 3.72. The summed E-state index contributed by atoms with van der Waals surface area (Å²) in [5.74, 6) is -0.980. The maximum absolute atomic E-state index is 14.0. The standard InChI is InChI=1S/C29H32Cl3N3O4S/c1-5-20(3)33-29(37)21(4)34(17-22-8-6-7-9-27(22)32)28(36)18-35(25-15-23(30)14-24(31)16-25)40(38,39)26-12-10-19(2)11-13-26/h6-16,20-21H,5,17-18H2,1-4H3,(H,33,37). The van der Waals surface area contributed by atoms with Crippen molar-refractivity contribution in [1.82, 2.24) is 10.2 Å². The van der Waals surface area contributed by atoms with Crippen LogP contribution >= 0.6 is 34.8 Å². The summed E-state index contributed by atoms with van der Waals surface area (Å²) in [6.07, 6.45) is 0.703. The number of halogens is 3. The van der Waals surface area contributed by atoms with Gasteiger partial charge in [0.15, 0.2) is 0 Å². The monoisotopic (exact) mass is 623 g/mol. The lowest BCUT2D eigenvalue weighted by Gasteiger charge is -2.32. The highest BCUT2D eigenvalue weighted by atomic mass is 35.5. The largest absolute Gasteiger partial charge is 0.352 e. The first-order chi connectivity index (χ1) is 18.8. The quantitative estimate of drug-likeness (QED) is 0.265. The second-order valence-corrected chi connectivity index (χ2v) is 12.7. The van der Waals surface area contributed by atoms with Crippen LogP contribution in [0.15, 0.2) is 71.6 Å². The van der Waals surface area contributed by atoms with E-state index in [1.165, 1.54) is 35.2 Å². The lowest BCUT2D eigenvalue weighted by atomic mass is 10.1. The Morgan fingerprint density at radius 2 is 1.52 bits per heavy atom. The molecular weight excluding hydrogens is 593 g/mol. The molecule has 7 nitrogen and oxygen atoms in total. The molecular formula is C29H32Cl3N3O4S. The van der Waals surface area contributed by atoms with Crippen LogP contribution in [0.4, 0.5) is 5.69 Å². The van der Waals surface area contributed by atoms with E-state index in [2.05, 4.69) is 5.32 Å². The van der Waals surface area contributed by atoms with Gasteiger partial charge in [0.05, 0.1) is 10.6 Å². The summed E-state index contributed by atoms with van der Waals surface area (Å²) in [6.45, 7) is 6.62. The molecule has 214 valence electrons. The zero-order chi connectivity index (χ0) is 29.6. The average Bonchev–Trinajstić information content (AvgIpc) is 2.90. The van der Waals surface area contributed by atoms with Crippen LogP contribution in [0.5, 0.6) is 0 Å². The molecule has 3 aromatic rings. The predicted octanol–water partition coefficient (Wildman–Crippen LogP) is 6.48. The molecule has 40 heavy (non-hydrogen) atoms. The van der Waals surface area contributed by atoms with Gasteiger partial charge in [0, 0.05) is 27.7 Å². The van der Waals surface area contributed by atoms with Crippen molar-refractivity contribution in [3.05, 3.63) is 92.9 Å². The third-order valence-corrected chi connectivity index (χ3v) is 9.08. The first-order valence-electron chi connectivity index (χ1n) is 12.7. The van der Waals surface area contributed by atoms with E-state index >= 15 is 0 Å². The van der Waals surface area contributed by atoms with Gasteiger partial charge >= 0.3 is 0 Å². The Labute approximate surface area is 251 Å². The van der Waals surface area contributed by atoms with E-state index in [4.69, 9.17) is 34.8 Å². The number of carbonyl (C=O) groups excluding carboxylic acids is 2. The number of carbonyl (C=O) groups is 2. The second-order valence-electron chi connectivity index (χ2n) is 9.56. The van der Waals surface area contributed by atoms with Crippen molar-refractivity contribution in [1.29, 1.82) is 0 Å². The molecule has 0 spiro atoms. The number of nitrogens with zero attached hydrogens (tertiary/aromatic N) is 2. The molecule has 1 N–H and O–H groups in total. The summed E-state index contributed by atoms with van der Waals surface area (Å²) >= 11 is 18.8. The molecule has 2 amide bonds. The lowest BCUT2D eigenvalue weighted by molar-refractivity contribution is -0.139. The molecule has 0 fully saturated rings. The molecule has 0 bridgehead atoms. The van der Waals surface area contributed by atoms with Crippen molar-refractivity contribution in [2.24, 2.45) is 0 Å². The summed E-state index contributed by atoms with van der Waals surface area (Å²) < 4.78 is 28.7. The van der Waals surface area contributed by atoms with Crippen molar-refractivity contribution < 1.29 is 18.0 Å². The second kappa shape index (κ2) is 13.7. The Hall–Kier alpha value is -2.78. The normalized spacial score (nSPS) is 12.9. The SMILES string of the molecule is CCC(C)NC(=O)C(C)N(Cc1ccccc1Cl)C(=O)CN(c1cc(Cl)cc(Cl)c1)S(=O)(=O)c1ccc(C)cc1. The summed E-state index contributed by atoms with van der Waals surface area (Å²) in [6, 6.07) is 16.5. The van der Waals surface area contributed by atoms with Crippen molar-refractivity contribution in [2.75, 3.05) is 10.8 Å². The molecule has 0 aromatic heterocycles. The number of aryl methyl sites for hydroxylation is 1. The van der Waals surface area contributed by atoms with Crippen LogP contribution in [0.3, 0.4) is 0 Å². The fourth-order valence-electron chi connectivity index (χ4n) is 3.91. The number of benzene rings is 3. The fourth-order valence-corrected chi connectivity index (χ4v) is 6.02. The first kappa shape index (κ1) is 31.7. The van der Waals surface area contributed by atoms with Crippen LogP contribution < -0.4 is 9.62 Å². The van der Waals surface area contributed by atoms with Gasteiger partial charge in [0.1, 0.15) is 12.6 Å². The molecule has 2 atom stereocenters. The van der Waals surface area contributed by atoms with E-state index in [0.717, 1.165) is 9.87 Å². The molecule has 0 heterocycles. The van der Waals surface area contributed by atoms with Gasteiger partial charge in [-0.05, 0) is 69.2 Å². The number of amides is 2. The molecule has 0 saturated carbocycles. The minimum atomic E-state index is -4.24. The van der Waals surface area contributed by atoms with Gasteiger partial charge in [0.25, 0.3) is 10.0 Å². The molecule has 0 saturated heterocycles. The first-order valence-corrected chi connectivity index (χ1v) is 15.3. The Morgan fingerprint density at radius 1 is 0.925 bits per heavy atom. The molecule has 3 aromatic carbocycles. The Kier molecular flexibility index (Phi) is 10.9. The lowest BCUT2D eigenvalue weighted by Crippen LogP contribution is -2.52. The number of sulfonamides is 1. The fraction of sp³-hybridized carbons (Fsp3) is 0.310. The highest BCUT2D eigenvalue weighted by molar-refractivity contribution is 7.92.